The molecule has 0 N–H and O–H groups in total. The number of benzene rings is 2. The first kappa shape index (κ1) is 16.0. The van der Waals surface area contributed by atoms with Gasteiger partial charge in [0.2, 0.25) is 0 Å². The minimum absolute atomic E-state index is 1.19. The Labute approximate surface area is 162 Å². The highest BCUT2D eigenvalue weighted by atomic mass is 79.9. The van der Waals surface area contributed by atoms with E-state index in [4.69, 9.17) is 0 Å². The van der Waals surface area contributed by atoms with Crippen LogP contribution in [-0.4, -0.2) is 5.75 Å². The Morgan fingerprint density at radius 3 is 2.84 bits per heavy atom. The van der Waals surface area contributed by atoms with Crippen LogP contribution in [0, 0.1) is 6.92 Å². The van der Waals surface area contributed by atoms with Gasteiger partial charge in [0.15, 0.2) is 0 Å². The number of halogens is 1. The molecule has 1 aliphatic heterocycles. The first-order valence-electron chi connectivity index (χ1n) is 9.21. The second-order valence-electron chi connectivity index (χ2n) is 7.23. The molecule has 0 radical (unpaired) electrons. The van der Waals surface area contributed by atoms with Crippen LogP contribution in [0.1, 0.15) is 47.9 Å². The van der Waals surface area contributed by atoms with Crippen molar-refractivity contribution < 1.29 is 0 Å². The predicted octanol–water partition coefficient (Wildman–Crippen LogP) is 7.44. The maximum atomic E-state index is 3.86. The van der Waals surface area contributed by atoms with Crippen LogP contribution in [0.15, 0.2) is 46.5 Å². The fourth-order valence-corrected chi connectivity index (χ4v) is 6.61. The summed E-state index contributed by atoms with van der Waals surface area (Å²) in [4.78, 5) is 1.45. The summed E-state index contributed by atoms with van der Waals surface area (Å²) in [7, 11) is 0. The molecule has 5 rings (SSSR count). The van der Waals surface area contributed by atoms with E-state index in [1.165, 1.54) is 80.3 Å². The Bertz CT molecular complexity index is 991. The third-order valence-electron chi connectivity index (χ3n) is 5.76. The molecule has 2 heteroatoms. The second-order valence-corrected chi connectivity index (χ2v) is 9.22. The zero-order valence-corrected chi connectivity index (χ0v) is 16.9. The standard InChI is InChI=1S/C23H21BrS/c1-14-13-20(24)23(21-7-4-12-25-21)19-11-10-17-16-6-3-2-5-15(16)8-9-18(17)22(14)19/h3,6-7,10-11,13H,2,4-5,8-9,12H2,1H3. The molecule has 0 saturated carbocycles. The molecule has 0 atom stereocenters. The van der Waals surface area contributed by atoms with Gasteiger partial charge < -0.3 is 0 Å². The van der Waals surface area contributed by atoms with Gasteiger partial charge in [-0.15, -0.1) is 11.8 Å². The van der Waals surface area contributed by atoms with E-state index < -0.39 is 0 Å². The number of aryl methyl sites for hydroxylation is 2. The Balaban J connectivity index is 1.82. The van der Waals surface area contributed by atoms with Crippen molar-refractivity contribution in [1.29, 1.82) is 0 Å². The molecule has 126 valence electrons. The highest BCUT2D eigenvalue weighted by Crippen LogP contribution is 2.46. The van der Waals surface area contributed by atoms with Crippen molar-refractivity contribution in [3.63, 3.8) is 0 Å². The molecule has 0 nitrogen and oxygen atoms in total. The molecule has 3 aliphatic rings. The number of rotatable bonds is 1. The molecule has 0 unspecified atom stereocenters. The number of hydrogen-bond acceptors (Lipinski definition) is 1. The highest BCUT2D eigenvalue weighted by molar-refractivity contribution is 9.10. The number of allylic oxidation sites excluding steroid dienone is 5. The molecule has 2 aliphatic carbocycles. The highest BCUT2D eigenvalue weighted by Gasteiger charge is 2.24. The van der Waals surface area contributed by atoms with Gasteiger partial charge in [0.25, 0.3) is 0 Å². The van der Waals surface area contributed by atoms with Crippen LogP contribution in [0.5, 0.6) is 0 Å². The summed E-state index contributed by atoms with van der Waals surface area (Å²) < 4.78 is 1.24. The van der Waals surface area contributed by atoms with E-state index in [0.29, 0.717) is 0 Å². The molecule has 0 bridgehead atoms. The number of hydrogen-bond donors (Lipinski definition) is 0. The van der Waals surface area contributed by atoms with Gasteiger partial charge in [-0.05, 0) is 78.1 Å². The van der Waals surface area contributed by atoms with E-state index in [0.717, 1.165) is 0 Å². The normalized spacial score (nSPS) is 19.2. The van der Waals surface area contributed by atoms with Crippen molar-refractivity contribution >= 4 is 48.9 Å². The lowest BCUT2D eigenvalue weighted by Gasteiger charge is -2.27. The average Bonchev–Trinajstić information content (AvgIpc) is 3.15. The van der Waals surface area contributed by atoms with Gasteiger partial charge in [-0.25, -0.2) is 0 Å². The summed E-state index contributed by atoms with van der Waals surface area (Å²) in [5.74, 6) is 1.21. The van der Waals surface area contributed by atoms with Crippen LogP contribution < -0.4 is 0 Å². The zero-order chi connectivity index (χ0) is 17.0. The van der Waals surface area contributed by atoms with Crippen molar-refractivity contribution in [3.05, 3.63) is 68.7 Å². The molecule has 25 heavy (non-hydrogen) atoms. The van der Waals surface area contributed by atoms with Gasteiger partial charge in [-0.1, -0.05) is 51.9 Å². The molecular formula is C23H21BrS. The lowest BCUT2D eigenvalue weighted by molar-refractivity contribution is 0.831. The van der Waals surface area contributed by atoms with Gasteiger partial charge >= 0.3 is 0 Å². The van der Waals surface area contributed by atoms with Crippen LogP contribution in [0.3, 0.4) is 0 Å². The number of fused-ring (bicyclic) bond motifs is 4. The van der Waals surface area contributed by atoms with Gasteiger partial charge in [-0.2, -0.15) is 0 Å². The van der Waals surface area contributed by atoms with Gasteiger partial charge in [0.05, 0.1) is 0 Å². The van der Waals surface area contributed by atoms with Crippen LogP contribution in [0.4, 0.5) is 0 Å². The van der Waals surface area contributed by atoms with Crippen molar-refractivity contribution in [3.8, 4) is 0 Å². The Hall–Kier alpha value is -1.25. The molecule has 0 spiro atoms. The van der Waals surface area contributed by atoms with E-state index in [9.17, 15) is 0 Å². The maximum Gasteiger partial charge on any atom is 0.0267 e. The summed E-state index contributed by atoms with van der Waals surface area (Å²) >= 11 is 5.85. The molecule has 0 amide bonds. The average molecular weight is 409 g/mol. The fraction of sp³-hybridized carbons (Fsp3) is 0.304. The molecule has 0 saturated heterocycles. The maximum absolute atomic E-state index is 3.86. The Morgan fingerprint density at radius 1 is 1.08 bits per heavy atom. The third kappa shape index (κ3) is 2.49. The van der Waals surface area contributed by atoms with E-state index >= 15 is 0 Å². The topological polar surface area (TPSA) is 0 Å². The molecule has 1 heterocycles. The lowest BCUT2D eigenvalue weighted by atomic mass is 9.78. The Kier molecular flexibility index (Phi) is 3.94. The second kappa shape index (κ2) is 6.17. The third-order valence-corrected chi connectivity index (χ3v) is 7.50. The summed E-state index contributed by atoms with van der Waals surface area (Å²) in [6.07, 6.45) is 13.2. The smallest absolute Gasteiger partial charge is 0.0267 e. The van der Waals surface area contributed by atoms with Crippen LogP contribution in [0.25, 0.3) is 21.3 Å². The van der Waals surface area contributed by atoms with Gasteiger partial charge in [0, 0.05) is 20.7 Å². The zero-order valence-electron chi connectivity index (χ0n) is 14.5. The molecule has 2 aromatic rings. The predicted molar refractivity (Wildman–Crippen MR) is 115 cm³/mol. The summed E-state index contributed by atoms with van der Waals surface area (Å²) in [5, 5.41) is 2.92. The van der Waals surface area contributed by atoms with Crippen molar-refractivity contribution in [2.45, 2.75) is 39.0 Å². The lowest BCUT2D eigenvalue weighted by Crippen LogP contribution is -2.08. The monoisotopic (exact) mass is 408 g/mol. The van der Waals surface area contributed by atoms with Gasteiger partial charge in [-0.3, -0.25) is 0 Å². The molecule has 2 aromatic carbocycles. The molecule has 0 fully saturated rings. The summed E-state index contributed by atoms with van der Waals surface area (Å²) in [5.41, 5.74) is 9.03. The van der Waals surface area contributed by atoms with Crippen molar-refractivity contribution in [2.24, 2.45) is 0 Å². The van der Waals surface area contributed by atoms with Gasteiger partial charge in [0.1, 0.15) is 0 Å². The van der Waals surface area contributed by atoms with E-state index in [1.807, 2.05) is 11.8 Å². The van der Waals surface area contributed by atoms with Crippen LogP contribution >= 0.6 is 27.7 Å². The van der Waals surface area contributed by atoms with Crippen LogP contribution in [-0.2, 0) is 6.42 Å². The molecule has 0 aromatic heterocycles. The quantitative estimate of drug-likeness (QED) is 0.472. The van der Waals surface area contributed by atoms with E-state index in [2.05, 4.69) is 59.3 Å². The SMILES string of the molecule is Cc1cc(Br)c(C2=CCCS2)c2ccc3c(c12)CCC1=C3C=CCC1. The number of thioether (sulfide) groups is 1. The van der Waals surface area contributed by atoms with Crippen LogP contribution in [0.2, 0.25) is 0 Å². The van der Waals surface area contributed by atoms with E-state index in [1.54, 1.807) is 11.1 Å². The Morgan fingerprint density at radius 2 is 2.00 bits per heavy atom. The minimum Gasteiger partial charge on any atom is -0.125 e. The largest absolute Gasteiger partial charge is 0.125 e. The van der Waals surface area contributed by atoms with Crippen molar-refractivity contribution in [2.75, 3.05) is 5.75 Å². The molecular weight excluding hydrogens is 388 g/mol. The van der Waals surface area contributed by atoms with Crippen molar-refractivity contribution in [1.82, 2.24) is 0 Å². The fourth-order valence-electron chi connectivity index (χ4n) is 4.65. The summed E-state index contributed by atoms with van der Waals surface area (Å²) in [6.45, 7) is 2.27. The van der Waals surface area contributed by atoms with E-state index in [-0.39, 0.29) is 0 Å². The minimum atomic E-state index is 1.19. The first-order valence-corrected chi connectivity index (χ1v) is 11.0. The summed E-state index contributed by atoms with van der Waals surface area (Å²) in [6, 6.07) is 7.09. The first-order chi connectivity index (χ1) is 12.2.